The van der Waals surface area contributed by atoms with E-state index in [1.807, 2.05) is 5.38 Å². The maximum Gasteiger partial charge on any atom is 0.227 e. The average Bonchev–Trinajstić information content (AvgIpc) is 2.65. The van der Waals surface area contributed by atoms with Crippen LogP contribution in [0.4, 0.5) is 0 Å². The normalized spacial score (nSPS) is 24.7. The first-order chi connectivity index (χ1) is 6.68. The van der Waals surface area contributed by atoms with Crippen LogP contribution in [0, 0.1) is 5.92 Å². The van der Waals surface area contributed by atoms with Gasteiger partial charge in [-0.25, -0.2) is 4.98 Å². The fourth-order valence-corrected chi connectivity index (χ4v) is 1.97. The number of carbonyl (C=O) groups is 1. The predicted octanol–water partition coefficient (Wildman–Crippen LogP) is 0.449. The van der Waals surface area contributed by atoms with Gasteiger partial charge in [0.1, 0.15) is 0 Å². The lowest BCUT2D eigenvalue weighted by molar-refractivity contribution is -0.131. The van der Waals surface area contributed by atoms with E-state index in [1.54, 1.807) is 28.8 Å². The summed E-state index contributed by atoms with van der Waals surface area (Å²) in [4.78, 5) is 17.5. The molecular formula is C9H13N3OS. The molecule has 1 aliphatic rings. The summed E-state index contributed by atoms with van der Waals surface area (Å²) in [7, 11) is 1.80. The van der Waals surface area contributed by atoms with Crippen molar-refractivity contribution in [1.82, 2.24) is 9.88 Å². The Hall–Kier alpha value is -0.940. The second kappa shape index (κ2) is 3.67. The highest BCUT2D eigenvalue weighted by atomic mass is 32.1. The molecule has 0 saturated heterocycles. The van der Waals surface area contributed by atoms with Gasteiger partial charge in [0.15, 0.2) is 0 Å². The minimum Gasteiger partial charge on any atom is -0.340 e. The quantitative estimate of drug-likeness (QED) is 0.789. The number of aromatic nitrogens is 1. The first kappa shape index (κ1) is 9.61. The fourth-order valence-electron chi connectivity index (χ4n) is 1.42. The van der Waals surface area contributed by atoms with Gasteiger partial charge >= 0.3 is 0 Å². The number of thiazole rings is 1. The Balaban J connectivity index is 1.89. The molecule has 1 amide bonds. The summed E-state index contributed by atoms with van der Waals surface area (Å²) in [5.41, 5.74) is 8.34. The second-order valence-electron chi connectivity index (χ2n) is 3.68. The minimum atomic E-state index is 0.0543. The van der Waals surface area contributed by atoms with Crippen LogP contribution in [0.3, 0.4) is 0 Å². The van der Waals surface area contributed by atoms with Gasteiger partial charge in [0.2, 0.25) is 5.91 Å². The third kappa shape index (κ3) is 1.93. The Bertz CT molecular complexity index is 325. The smallest absolute Gasteiger partial charge is 0.227 e. The van der Waals surface area contributed by atoms with Crippen molar-refractivity contribution in [3.05, 3.63) is 16.6 Å². The van der Waals surface area contributed by atoms with E-state index in [4.69, 9.17) is 5.73 Å². The summed E-state index contributed by atoms with van der Waals surface area (Å²) in [6.45, 7) is 0.589. The highest BCUT2D eigenvalue weighted by Gasteiger charge is 2.41. The van der Waals surface area contributed by atoms with Gasteiger partial charge in [-0.15, -0.1) is 11.3 Å². The van der Waals surface area contributed by atoms with E-state index in [0.717, 1.165) is 12.1 Å². The first-order valence-electron chi connectivity index (χ1n) is 4.56. The van der Waals surface area contributed by atoms with E-state index in [9.17, 15) is 4.79 Å². The molecule has 1 fully saturated rings. The van der Waals surface area contributed by atoms with E-state index in [0.29, 0.717) is 6.54 Å². The summed E-state index contributed by atoms with van der Waals surface area (Å²) >= 11 is 1.54. The monoisotopic (exact) mass is 211 g/mol. The molecule has 1 aliphatic carbocycles. The first-order valence-corrected chi connectivity index (χ1v) is 5.50. The molecule has 2 atom stereocenters. The molecule has 0 bridgehead atoms. The molecule has 5 heteroatoms. The van der Waals surface area contributed by atoms with Gasteiger partial charge in [-0.05, 0) is 6.42 Å². The molecule has 1 aromatic heterocycles. The number of nitrogens with two attached hydrogens (primary N) is 1. The van der Waals surface area contributed by atoms with Crippen molar-refractivity contribution in [2.75, 3.05) is 7.05 Å². The maximum atomic E-state index is 11.7. The lowest BCUT2D eigenvalue weighted by Gasteiger charge is -2.15. The second-order valence-corrected chi connectivity index (χ2v) is 4.40. The van der Waals surface area contributed by atoms with Gasteiger partial charge in [-0.3, -0.25) is 4.79 Å². The number of rotatable bonds is 3. The van der Waals surface area contributed by atoms with Crippen LogP contribution in [-0.4, -0.2) is 28.9 Å². The zero-order valence-corrected chi connectivity index (χ0v) is 8.83. The molecule has 14 heavy (non-hydrogen) atoms. The molecule has 1 saturated carbocycles. The standard InChI is InChI=1S/C9H13N3OS/c1-12(3-6-4-14-5-11-6)9(13)7-2-8(7)10/h4-5,7-8H,2-3,10H2,1H3. The molecule has 76 valence electrons. The molecule has 0 aliphatic heterocycles. The molecule has 2 rings (SSSR count). The molecule has 1 heterocycles. The fraction of sp³-hybridized carbons (Fsp3) is 0.556. The van der Waals surface area contributed by atoms with Gasteiger partial charge in [0, 0.05) is 18.5 Å². The van der Waals surface area contributed by atoms with Crippen LogP contribution < -0.4 is 5.73 Å². The van der Waals surface area contributed by atoms with Gasteiger partial charge in [-0.2, -0.15) is 0 Å². The Kier molecular flexibility index (Phi) is 2.52. The van der Waals surface area contributed by atoms with Gasteiger partial charge < -0.3 is 10.6 Å². The van der Waals surface area contributed by atoms with E-state index in [1.165, 1.54) is 0 Å². The third-order valence-corrected chi connectivity index (χ3v) is 3.05. The van der Waals surface area contributed by atoms with Crippen molar-refractivity contribution in [1.29, 1.82) is 0 Å². The summed E-state index contributed by atoms with van der Waals surface area (Å²) in [6, 6.07) is 0.0837. The maximum absolute atomic E-state index is 11.7. The van der Waals surface area contributed by atoms with Crippen LogP contribution in [-0.2, 0) is 11.3 Å². The van der Waals surface area contributed by atoms with Crippen LogP contribution >= 0.6 is 11.3 Å². The zero-order valence-electron chi connectivity index (χ0n) is 8.01. The number of hydrogen-bond acceptors (Lipinski definition) is 4. The summed E-state index contributed by atoms with van der Waals surface area (Å²) < 4.78 is 0. The molecule has 0 spiro atoms. The van der Waals surface area contributed by atoms with Crippen LogP contribution in [0.5, 0.6) is 0 Å². The lowest BCUT2D eigenvalue weighted by atomic mass is 10.3. The molecule has 4 nitrogen and oxygen atoms in total. The summed E-state index contributed by atoms with van der Waals surface area (Å²) in [5.74, 6) is 0.198. The van der Waals surface area contributed by atoms with Gasteiger partial charge in [0.25, 0.3) is 0 Å². The minimum absolute atomic E-state index is 0.0543. The third-order valence-electron chi connectivity index (χ3n) is 2.42. The van der Waals surface area contributed by atoms with Crippen molar-refractivity contribution >= 4 is 17.2 Å². The van der Waals surface area contributed by atoms with Crippen LogP contribution in [0.25, 0.3) is 0 Å². The van der Waals surface area contributed by atoms with Crippen LogP contribution in [0.2, 0.25) is 0 Å². The largest absolute Gasteiger partial charge is 0.340 e. The summed E-state index contributed by atoms with van der Waals surface area (Å²) in [6.07, 6.45) is 0.834. The van der Waals surface area contributed by atoms with E-state index >= 15 is 0 Å². The van der Waals surface area contributed by atoms with Crippen molar-refractivity contribution < 1.29 is 4.79 Å². The Labute approximate surface area is 86.7 Å². The van der Waals surface area contributed by atoms with Crippen LogP contribution in [0.15, 0.2) is 10.9 Å². The molecular weight excluding hydrogens is 198 g/mol. The average molecular weight is 211 g/mol. The molecule has 2 N–H and O–H groups in total. The zero-order chi connectivity index (χ0) is 10.1. The number of carbonyl (C=O) groups excluding carboxylic acids is 1. The highest BCUT2D eigenvalue weighted by molar-refractivity contribution is 7.07. The Morgan fingerprint density at radius 3 is 3.07 bits per heavy atom. The molecule has 2 unspecified atom stereocenters. The van der Waals surface area contributed by atoms with Gasteiger partial charge in [0.05, 0.1) is 23.7 Å². The number of hydrogen-bond donors (Lipinski definition) is 1. The Morgan fingerprint density at radius 2 is 2.57 bits per heavy atom. The number of nitrogens with zero attached hydrogens (tertiary/aromatic N) is 2. The number of amides is 1. The molecule has 0 aromatic carbocycles. The highest BCUT2D eigenvalue weighted by Crippen LogP contribution is 2.29. The lowest BCUT2D eigenvalue weighted by Crippen LogP contribution is -2.29. The van der Waals surface area contributed by atoms with Crippen LogP contribution in [0.1, 0.15) is 12.1 Å². The summed E-state index contributed by atoms with van der Waals surface area (Å²) in [5, 5.41) is 1.95. The van der Waals surface area contributed by atoms with Crippen molar-refractivity contribution in [3.8, 4) is 0 Å². The van der Waals surface area contributed by atoms with E-state index < -0.39 is 0 Å². The topological polar surface area (TPSA) is 59.2 Å². The van der Waals surface area contributed by atoms with E-state index in [-0.39, 0.29) is 17.9 Å². The predicted molar refractivity (Wildman–Crippen MR) is 54.7 cm³/mol. The van der Waals surface area contributed by atoms with Crippen molar-refractivity contribution in [2.24, 2.45) is 11.7 Å². The Morgan fingerprint density at radius 1 is 1.86 bits per heavy atom. The van der Waals surface area contributed by atoms with E-state index in [2.05, 4.69) is 4.98 Å². The van der Waals surface area contributed by atoms with Crippen molar-refractivity contribution in [2.45, 2.75) is 19.0 Å². The molecule has 1 aromatic rings. The molecule has 0 radical (unpaired) electrons. The SMILES string of the molecule is CN(Cc1cscn1)C(=O)C1CC1N. The van der Waals surface area contributed by atoms with Crippen molar-refractivity contribution in [3.63, 3.8) is 0 Å². The van der Waals surface area contributed by atoms with Gasteiger partial charge in [-0.1, -0.05) is 0 Å².